The maximum absolute atomic E-state index is 14.0. The van der Waals surface area contributed by atoms with Crippen molar-refractivity contribution in [1.29, 1.82) is 0 Å². The van der Waals surface area contributed by atoms with Crippen LogP contribution >= 0.6 is 22.9 Å². The van der Waals surface area contributed by atoms with Gasteiger partial charge in [0, 0.05) is 16.1 Å². The number of nitrogens with zero attached hydrogens (tertiary/aromatic N) is 2. The molecule has 9 heteroatoms. The van der Waals surface area contributed by atoms with Crippen molar-refractivity contribution < 1.29 is 19.0 Å². The fraction of sp³-hybridized carbons (Fsp3) is 0.242. The average molecular weight is 603 g/mol. The van der Waals surface area contributed by atoms with Gasteiger partial charge in [-0.1, -0.05) is 71.5 Å². The number of aromatic nitrogens is 1. The first-order valence-electron chi connectivity index (χ1n) is 13.7. The first-order valence-corrected chi connectivity index (χ1v) is 14.9. The Labute approximate surface area is 253 Å². The molecule has 0 N–H and O–H groups in total. The predicted octanol–water partition coefficient (Wildman–Crippen LogP) is 5.82. The molecular formula is C33H31ClN2O5S. The number of hydrogen-bond acceptors (Lipinski definition) is 7. The highest BCUT2D eigenvalue weighted by Gasteiger charge is 2.33. The minimum absolute atomic E-state index is 0.0160. The summed E-state index contributed by atoms with van der Waals surface area (Å²) in [4.78, 5) is 32.3. The van der Waals surface area contributed by atoms with Crippen LogP contribution in [0.25, 0.3) is 6.08 Å². The maximum atomic E-state index is 14.0. The van der Waals surface area contributed by atoms with Crippen LogP contribution in [0.5, 0.6) is 11.5 Å². The highest BCUT2D eigenvalue weighted by atomic mass is 35.5. The number of carbonyl (C=O) groups excluding carboxylic acids is 1. The Bertz CT molecular complexity index is 1820. The van der Waals surface area contributed by atoms with Crippen molar-refractivity contribution in [3.05, 3.63) is 125 Å². The molecule has 0 unspecified atom stereocenters. The van der Waals surface area contributed by atoms with Gasteiger partial charge in [-0.15, -0.1) is 0 Å². The van der Waals surface area contributed by atoms with Gasteiger partial charge < -0.3 is 14.2 Å². The van der Waals surface area contributed by atoms with E-state index in [9.17, 15) is 9.59 Å². The van der Waals surface area contributed by atoms with Crippen molar-refractivity contribution in [1.82, 2.24) is 4.57 Å². The lowest BCUT2D eigenvalue weighted by molar-refractivity contribution is -0.139. The molecule has 7 nitrogen and oxygen atoms in total. The molecule has 0 spiro atoms. The van der Waals surface area contributed by atoms with Gasteiger partial charge >= 0.3 is 5.97 Å². The monoisotopic (exact) mass is 602 g/mol. The number of thiazole rings is 1. The van der Waals surface area contributed by atoms with Gasteiger partial charge in [0.05, 0.1) is 34.6 Å². The zero-order chi connectivity index (χ0) is 29.8. The number of rotatable bonds is 9. The zero-order valence-electron chi connectivity index (χ0n) is 23.8. The molecule has 1 aromatic heterocycles. The van der Waals surface area contributed by atoms with Gasteiger partial charge in [0.15, 0.2) is 4.80 Å². The van der Waals surface area contributed by atoms with E-state index in [-0.39, 0.29) is 24.9 Å². The Morgan fingerprint density at radius 2 is 1.79 bits per heavy atom. The van der Waals surface area contributed by atoms with Crippen LogP contribution in [-0.2, 0) is 16.1 Å². The number of fused-ring (bicyclic) bond motifs is 1. The van der Waals surface area contributed by atoms with Crippen LogP contribution in [0.15, 0.2) is 93.9 Å². The number of allylic oxidation sites excluding steroid dienone is 1. The second-order valence-corrected chi connectivity index (χ2v) is 11.4. The molecule has 0 saturated carbocycles. The first-order chi connectivity index (χ1) is 20.3. The van der Waals surface area contributed by atoms with E-state index in [1.807, 2.05) is 86.6 Å². The van der Waals surface area contributed by atoms with Gasteiger partial charge in [-0.25, -0.2) is 9.79 Å². The second-order valence-electron chi connectivity index (χ2n) is 9.96. The highest BCUT2D eigenvalue weighted by molar-refractivity contribution is 7.07. The molecule has 5 rings (SSSR count). The topological polar surface area (TPSA) is 79.1 Å². The molecule has 0 bridgehead atoms. The van der Waals surface area contributed by atoms with Crippen LogP contribution in [0.2, 0.25) is 5.02 Å². The number of ether oxygens (including phenoxy) is 3. The number of para-hydroxylation sites is 1. The Morgan fingerprint density at radius 1 is 1.07 bits per heavy atom. The Kier molecular flexibility index (Phi) is 8.94. The molecule has 1 aliphatic heterocycles. The van der Waals surface area contributed by atoms with Gasteiger partial charge in [0.25, 0.3) is 5.56 Å². The smallest absolute Gasteiger partial charge is 0.338 e. The number of carbonyl (C=O) groups is 1. The summed E-state index contributed by atoms with van der Waals surface area (Å²) in [6, 6.07) is 21.7. The third kappa shape index (κ3) is 6.20. The summed E-state index contributed by atoms with van der Waals surface area (Å²) in [7, 11) is 0. The van der Waals surface area contributed by atoms with E-state index < -0.39 is 12.0 Å². The zero-order valence-corrected chi connectivity index (χ0v) is 25.4. The van der Waals surface area contributed by atoms with Crippen molar-refractivity contribution in [2.45, 2.75) is 46.4 Å². The Morgan fingerprint density at radius 3 is 2.50 bits per heavy atom. The molecule has 0 saturated heterocycles. The van der Waals surface area contributed by atoms with E-state index in [0.29, 0.717) is 37.1 Å². The molecular weight excluding hydrogens is 572 g/mol. The van der Waals surface area contributed by atoms with E-state index in [2.05, 4.69) is 4.99 Å². The molecule has 0 fully saturated rings. The van der Waals surface area contributed by atoms with Crippen LogP contribution < -0.4 is 24.4 Å². The van der Waals surface area contributed by atoms with E-state index >= 15 is 0 Å². The maximum Gasteiger partial charge on any atom is 0.338 e. The Hall–Kier alpha value is -4.14. The van der Waals surface area contributed by atoms with Crippen molar-refractivity contribution in [3.63, 3.8) is 0 Å². The molecule has 216 valence electrons. The molecule has 4 aromatic rings. The standard InChI is InChI=1S/C33H31ClN2O5S/c1-5-39-32(38)29-21(4)35-33-36(30(29)22-14-16-25(17-15-22)41-20(2)3)31(37)28(42-33)18-23-10-7-9-13-27(23)40-19-24-11-6-8-12-26(24)34/h6-18,20,30H,5,19H2,1-4H3/b28-18+/t30-/m1/s1. The largest absolute Gasteiger partial charge is 0.491 e. The third-order valence-corrected chi connectivity index (χ3v) is 7.98. The fourth-order valence-electron chi connectivity index (χ4n) is 4.75. The summed E-state index contributed by atoms with van der Waals surface area (Å²) in [5.74, 6) is 0.815. The van der Waals surface area contributed by atoms with Gasteiger partial charge in [0.1, 0.15) is 18.1 Å². The lowest BCUT2D eigenvalue weighted by Gasteiger charge is -2.25. The summed E-state index contributed by atoms with van der Waals surface area (Å²) < 4.78 is 19.4. The Balaban J connectivity index is 1.58. The summed E-state index contributed by atoms with van der Waals surface area (Å²) in [5.41, 5.74) is 2.93. The summed E-state index contributed by atoms with van der Waals surface area (Å²) in [6.07, 6.45) is 1.81. The lowest BCUT2D eigenvalue weighted by Crippen LogP contribution is -2.39. The molecule has 0 amide bonds. The normalized spacial score (nSPS) is 14.9. The highest BCUT2D eigenvalue weighted by Crippen LogP contribution is 2.32. The van der Waals surface area contributed by atoms with Crippen LogP contribution in [0, 0.1) is 0 Å². The van der Waals surface area contributed by atoms with E-state index in [1.54, 1.807) is 24.5 Å². The molecule has 0 aliphatic carbocycles. The van der Waals surface area contributed by atoms with Crippen LogP contribution in [0.3, 0.4) is 0 Å². The van der Waals surface area contributed by atoms with Crippen molar-refractivity contribution >= 4 is 35.0 Å². The summed E-state index contributed by atoms with van der Waals surface area (Å²) in [6.45, 7) is 7.92. The second kappa shape index (κ2) is 12.8. The van der Waals surface area contributed by atoms with Gasteiger partial charge in [0.2, 0.25) is 0 Å². The summed E-state index contributed by atoms with van der Waals surface area (Å²) in [5, 5.41) is 0.625. The van der Waals surface area contributed by atoms with Gasteiger partial charge in [-0.3, -0.25) is 9.36 Å². The van der Waals surface area contributed by atoms with Crippen LogP contribution in [0.1, 0.15) is 50.4 Å². The molecule has 2 heterocycles. The van der Waals surface area contributed by atoms with E-state index in [0.717, 1.165) is 16.7 Å². The van der Waals surface area contributed by atoms with Crippen molar-refractivity contribution in [3.8, 4) is 11.5 Å². The van der Waals surface area contributed by atoms with Crippen LogP contribution in [-0.4, -0.2) is 23.2 Å². The number of hydrogen-bond donors (Lipinski definition) is 0. The minimum atomic E-state index is -0.706. The van der Waals surface area contributed by atoms with Crippen molar-refractivity contribution in [2.24, 2.45) is 4.99 Å². The van der Waals surface area contributed by atoms with Crippen LogP contribution in [0.4, 0.5) is 0 Å². The molecule has 1 atom stereocenters. The van der Waals surface area contributed by atoms with E-state index in [1.165, 1.54) is 11.3 Å². The number of benzene rings is 3. The predicted molar refractivity (Wildman–Crippen MR) is 165 cm³/mol. The first kappa shape index (κ1) is 29.4. The molecule has 42 heavy (non-hydrogen) atoms. The van der Waals surface area contributed by atoms with Gasteiger partial charge in [-0.2, -0.15) is 0 Å². The molecule has 0 radical (unpaired) electrons. The number of esters is 1. The van der Waals surface area contributed by atoms with E-state index in [4.69, 9.17) is 25.8 Å². The number of halogens is 1. The summed E-state index contributed by atoms with van der Waals surface area (Å²) >= 11 is 7.58. The molecule has 3 aromatic carbocycles. The van der Waals surface area contributed by atoms with Gasteiger partial charge in [-0.05, 0) is 63.6 Å². The fourth-order valence-corrected chi connectivity index (χ4v) is 5.98. The average Bonchev–Trinajstić information content (AvgIpc) is 3.26. The minimum Gasteiger partial charge on any atom is -0.491 e. The third-order valence-electron chi connectivity index (χ3n) is 6.63. The lowest BCUT2D eigenvalue weighted by atomic mass is 9.96. The van der Waals surface area contributed by atoms with Crippen molar-refractivity contribution in [2.75, 3.05) is 6.61 Å². The SMILES string of the molecule is CCOC(=O)C1=C(C)N=c2s/c(=C/c3ccccc3OCc3ccccc3Cl)c(=O)n2[C@@H]1c1ccc(OC(C)C)cc1. The quantitative estimate of drug-likeness (QED) is 0.226. The molecule has 1 aliphatic rings.